The van der Waals surface area contributed by atoms with E-state index in [1.54, 1.807) is 23.1 Å². The van der Waals surface area contributed by atoms with Gasteiger partial charge in [-0.15, -0.1) is 0 Å². The Kier molecular flexibility index (Phi) is 8.17. The van der Waals surface area contributed by atoms with Gasteiger partial charge in [0, 0.05) is 34.5 Å². The highest BCUT2D eigenvalue weighted by molar-refractivity contribution is 7.85. The van der Waals surface area contributed by atoms with Gasteiger partial charge in [0.1, 0.15) is 6.54 Å². The minimum Gasteiger partial charge on any atom is -0.480 e. The van der Waals surface area contributed by atoms with Crippen LogP contribution in [0.3, 0.4) is 0 Å². The summed E-state index contributed by atoms with van der Waals surface area (Å²) in [5.74, 6) is -1.96. The number of carbonyl (C=O) groups is 2. The number of allylic oxidation sites excluding steroid dienone is 8. The fourth-order valence-corrected chi connectivity index (χ4v) is 6.21. The van der Waals surface area contributed by atoms with E-state index in [9.17, 15) is 32.8 Å². The topological polar surface area (TPSA) is 135 Å². The second kappa shape index (κ2) is 11.2. The summed E-state index contributed by atoms with van der Waals surface area (Å²) in [7, 11) is -4.42. The number of hydrogen-bond acceptors (Lipinski definition) is 5. The molecule has 9 nitrogen and oxygen atoms in total. The van der Waals surface area contributed by atoms with Gasteiger partial charge in [-0.1, -0.05) is 55.9 Å². The lowest BCUT2D eigenvalue weighted by Gasteiger charge is -2.25. The van der Waals surface area contributed by atoms with E-state index < -0.39 is 27.5 Å². The smallest absolute Gasteiger partial charge is 0.370 e. The Morgan fingerprint density at radius 3 is 2.19 bits per heavy atom. The van der Waals surface area contributed by atoms with Crippen molar-refractivity contribution in [1.29, 1.82) is 0 Å². The zero-order valence-corrected chi connectivity index (χ0v) is 25.0. The molecule has 0 bridgehead atoms. The van der Waals surface area contributed by atoms with Gasteiger partial charge in [-0.05, 0) is 56.7 Å². The van der Waals surface area contributed by atoms with Crippen molar-refractivity contribution in [1.82, 2.24) is 0 Å². The van der Waals surface area contributed by atoms with E-state index in [2.05, 4.69) is 19.9 Å². The molecule has 2 aliphatic heterocycles. The highest BCUT2D eigenvalue weighted by atomic mass is 32.2. The van der Waals surface area contributed by atoms with Crippen LogP contribution in [0.15, 0.2) is 89.5 Å². The van der Waals surface area contributed by atoms with Crippen LogP contribution < -0.4 is 4.90 Å². The van der Waals surface area contributed by atoms with Crippen LogP contribution in [0.25, 0.3) is 0 Å². The number of carboxylic acids is 2. The van der Waals surface area contributed by atoms with Crippen molar-refractivity contribution in [2.45, 2.75) is 50.3 Å². The number of aryl methyl sites for hydroxylation is 1. The van der Waals surface area contributed by atoms with Crippen molar-refractivity contribution in [3.63, 3.8) is 0 Å². The lowest BCUT2D eigenvalue weighted by Crippen LogP contribution is -2.30. The van der Waals surface area contributed by atoms with Crippen LogP contribution >= 0.6 is 0 Å². The SMILES string of the molecule is Cc1ccc2c(c1)C(C)(C)C(/C=C/C=C/C=C/C=C1/N(CC(=O)O)c3ccc(S(=O)(=O)O)cc3C1(C)C)=[N+]2CC(=O)O. The summed E-state index contributed by atoms with van der Waals surface area (Å²) in [6.45, 7) is 9.43. The number of nitrogens with zero attached hydrogens (tertiary/aromatic N) is 2. The molecule has 0 spiro atoms. The summed E-state index contributed by atoms with van der Waals surface area (Å²) < 4.78 is 34.8. The third-order valence-corrected chi connectivity index (χ3v) is 8.60. The van der Waals surface area contributed by atoms with E-state index in [0.717, 1.165) is 22.5 Å². The Morgan fingerprint density at radius 1 is 0.881 bits per heavy atom. The molecule has 2 aromatic rings. The predicted octanol–water partition coefficient (Wildman–Crippen LogP) is 5.14. The molecule has 0 saturated heterocycles. The average molecular weight is 592 g/mol. The maximum atomic E-state index is 11.7. The highest BCUT2D eigenvalue weighted by Gasteiger charge is 2.45. The number of anilines is 1. The summed E-state index contributed by atoms with van der Waals surface area (Å²) in [6, 6.07) is 10.2. The summed E-state index contributed by atoms with van der Waals surface area (Å²) in [4.78, 5) is 24.6. The Balaban J connectivity index is 1.59. The maximum absolute atomic E-state index is 11.7. The second-order valence-corrected chi connectivity index (χ2v) is 12.9. The van der Waals surface area contributed by atoms with Crippen LogP contribution in [0.5, 0.6) is 0 Å². The molecule has 0 amide bonds. The van der Waals surface area contributed by atoms with Crippen LogP contribution in [0.1, 0.15) is 44.4 Å². The molecule has 0 unspecified atom stereocenters. The molecule has 0 saturated carbocycles. The normalized spacial score (nSPS) is 18.5. The molecule has 0 aromatic heterocycles. The van der Waals surface area contributed by atoms with Crippen molar-refractivity contribution >= 4 is 39.1 Å². The van der Waals surface area contributed by atoms with Gasteiger partial charge in [0.2, 0.25) is 12.2 Å². The minimum absolute atomic E-state index is 0.146. The predicted molar refractivity (Wildman–Crippen MR) is 161 cm³/mol. The molecular formula is C32H35N2O7S+. The van der Waals surface area contributed by atoms with E-state index >= 15 is 0 Å². The zero-order chi connectivity index (χ0) is 31.0. The molecule has 2 aliphatic rings. The third kappa shape index (κ3) is 5.86. The van der Waals surface area contributed by atoms with Crippen molar-refractivity contribution in [2.75, 3.05) is 18.0 Å². The first-order valence-corrected chi connectivity index (χ1v) is 14.8. The molecule has 0 aliphatic carbocycles. The van der Waals surface area contributed by atoms with Crippen molar-refractivity contribution in [2.24, 2.45) is 0 Å². The van der Waals surface area contributed by atoms with Crippen molar-refractivity contribution < 1.29 is 37.3 Å². The lowest BCUT2D eigenvalue weighted by molar-refractivity contribution is -0.428. The van der Waals surface area contributed by atoms with E-state index in [0.29, 0.717) is 16.9 Å². The van der Waals surface area contributed by atoms with Gasteiger partial charge in [-0.25, -0.2) is 4.79 Å². The Morgan fingerprint density at radius 2 is 1.55 bits per heavy atom. The van der Waals surface area contributed by atoms with E-state index in [4.69, 9.17) is 0 Å². The minimum atomic E-state index is -4.42. The van der Waals surface area contributed by atoms with Crippen molar-refractivity contribution in [3.8, 4) is 0 Å². The first-order valence-electron chi connectivity index (χ1n) is 13.4. The number of carboxylic acid groups (broad SMARTS) is 2. The van der Waals surface area contributed by atoms with Crippen LogP contribution in [0.4, 0.5) is 11.4 Å². The van der Waals surface area contributed by atoms with E-state index in [1.165, 1.54) is 18.2 Å². The third-order valence-electron chi connectivity index (χ3n) is 7.75. The number of aliphatic carboxylic acids is 2. The molecule has 220 valence electrons. The zero-order valence-electron chi connectivity index (χ0n) is 24.2. The Bertz CT molecular complexity index is 1720. The standard InChI is InChI=1S/C32H34N2O7S/c1-21-13-15-25-23(17-21)31(2,3)27(33(25)19-29(35)36)11-9-7-6-8-10-12-28-32(4,5)24-18-22(42(39,40)41)14-16-26(24)34(28)20-30(37)38/h6-18H,19-20H2,1-5H3,(H2-,35,36,37,38,39,40,41)/p+1. The molecule has 3 N–H and O–H groups in total. The van der Waals surface area contributed by atoms with Crippen LogP contribution in [-0.4, -0.2) is 58.5 Å². The van der Waals surface area contributed by atoms with Gasteiger partial charge in [0.05, 0.1) is 10.3 Å². The maximum Gasteiger partial charge on any atom is 0.370 e. The Hall–Kier alpha value is -4.28. The number of fused-ring (bicyclic) bond motifs is 2. The van der Waals surface area contributed by atoms with Crippen molar-refractivity contribution in [3.05, 3.63) is 101 Å². The summed E-state index contributed by atoms with van der Waals surface area (Å²) in [5, 5.41) is 19.1. The van der Waals surface area contributed by atoms with E-state index in [1.807, 2.05) is 61.8 Å². The van der Waals surface area contributed by atoms with Crippen LogP contribution in [0.2, 0.25) is 0 Å². The highest BCUT2D eigenvalue weighted by Crippen LogP contribution is 2.48. The van der Waals surface area contributed by atoms with Gasteiger partial charge in [0.25, 0.3) is 10.1 Å². The molecular weight excluding hydrogens is 556 g/mol. The molecule has 10 heteroatoms. The quantitative estimate of drug-likeness (QED) is 0.207. The van der Waals surface area contributed by atoms with Gasteiger partial charge >= 0.3 is 11.9 Å². The fraction of sp³-hybridized carbons (Fsp3) is 0.281. The van der Waals surface area contributed by atoms with Gasteiger partial charge in [0.15, 0.2) is 5.71 Å². The summed E-state index contributed by atoms with van der Waals surface area (Å²) in [5.41, 5.74) is 4.65. The molecule has 0 radical (unpaired) electrons. The lowest BCUT2D eigenvalue weighted by atomic mass is 9.81. The monoisotopic (exact) mass is 591 g/mol. The van der Waals surface area contributed by atoms with E-state index in [-0.39, 0.29) is 23.4 Å². The average Bonchev–Trinajstić information content (AvgIpc) is 3.20. The first-order chi connectivity index (χ1) is 19.5. The van der Waals surface area contributed by atoms with Gasteiger partial charge in [-0.3, -0.25) is 9.35 Å². The number of benzene rings is 2. The number of hydrogen-bond donors (Lipinski definition) is 3. The van der Waals surface area contributed by atoms with Crippen LogP contribution in [-0.2, 0) is 30.5 Å². The molecule has 2 aromatic carbocycles. The second-order valence-electron chi connectivity index (χ2n) is 11.5. The van der Waals surface area contributed by atoms with Gasteiger partial charge in [-0.2, -0.15) is 13.0 Å². The molecule has 0 fully saturated rings. The number of rotatable bonds is 9. The molecule has 42 heavy (non-hydrogen) atoms. The molecule has 2 heterocycles. The first kappa shape index (κ1) is 30.7. The van der Waals surface area contributed by atoms with Gasteiger partial charge < -0.3 is 15.1 Å². The fourth-order valence-electron chi connectivity index (χ4n) is 5.70. The summed E-state index contributed by atoms with van der Waals surface area (Å²) in [6.07, 6.45) is 12.7. The largest absolute Gasteiger partial charge is 0.480 e. The Labute approximate surface area is 245 Å². The molecule has 0 atom stereocenters. The summed E-state index contributed by atoms with van der Waals surface area (Å²) >= 11 is 0. The van der Waals surface area contributed by atoms with Crippen LogP contribution in [0, 0.1) is 6.92 Å². The molecule has 4 rings (SSSR count).